The van der Waals surface area contributed by atoms with Crippen molar-refractivity contribution in [3.05, 3.63) is 28.8 Å². The summed E-state index contributed by atoms with van der Waals surface area (Å²) in [7, 11) is 1.54. The summed E-state index contributed by atoms with van der Waals surface area (Å²) < 4.78 is 0. The standard InChI is InChI=1S/C13H14ClN3O3/c1-8(6-15)7-17(2)13(20)16-11-5-9(12(18)19)3-4-10(11)14/h3-5,8H,7H2,1-2H3,(H,16,20)(H,18,19). The second kappa shape index (κ2) is 6.78. The molecule has 0 aromatic heterocycles. The van der Waals surface area contributed by atoms with Crippen molar-refractivity contribution in [1.82, 2.24) is 4.90 Å². The molecule has 0 aliphatic rings. The van der Waals surface area contributed by atoms with E-state index in [0.717, 1.165) is 0 Å². The number of carbonyl (C=O) groups excluding carboxylic acids is 1. The summed E-state index contributed by atoms with van der Waals surface area (Å²) in [5.41, 5.74) is 0.241. The van der Waals surface area contributed by atoms with E-state index in [1.165, 1.54) is 30.1 Å². The molecule has 0 spiro atoms. The molecule has 0 saturated heterocycles. The monoisotopic (exact) mass is 295 g/mol. The van der Waals surface area contributed by atoms with E-state index in [2.05, 4.69) is 5.32 Å². The van der Waals surface area contributed by atoms with Crippen molar-refractivity contribution in [2.75, 3.05) is 18.9 Å². The van der Waals surface area contributed by atoms with E-state index in [0.29, 0.717) is 0 Å². The highest BCUT2D eigenvalue weighted by Crippen LogP contribution is 2.23. The van der Waals surface area contributed by atoms with Crippen LogP contribution < -0.4 is 5.32 Å². The number of hydrogen-bond acceptors (Lipinski definition) is 3. The Morgan fingerprint density at radius 2 is 2.20 bits per heavy atom. The zero-order valence-corrected chi connectivity index (χ0v) is 11.8. The quantitative estimate of drug-likeness (QED) is 0.893. The summed E-state index contributed by atoms with van der Waals surface area (Å²) >= 11 is 5.90. The van der Waals surface area contributed by atoms with Gasteiger partial charge in [-0.15, -0.1) is 0 Å². The number of anilines is 1. The Balaban J connectivity index is 2.82. The molecular weight excluding hydrogens is 282 g/mol. The number of nitrogens with one attached hydrogen (secondary N) is 1. The Morgan fingerprint density at radius 1 is 1.55 bits per heavy atom. The van der Waals surface area contributed by atoms with Gasteiger partial charge < -0.3 is 15.3 Å². The number of benzene rings is 1. The van der Waals surface area contributed by atoms with Gasteiger partial charge in [0, 0.05) is 13.6 Å². The van der Waals surface area contributed by atoms with Crippen LogP contribution in [0.3, 0.4) is 0 Å². The topological polar surface area (TPSA) is 93.4 Å². The van der Waals surface area contributed by atoms with Gasteiger partial charge in [0.15, 0.2) is 0 Å². The Hall–Kier alpha value is -2.26. The number of carboxylic acids is 1. The average molecular weight is 296 g/mol. The van der Waals surface area contributed by atoms with Crippen LogP contribution in [0.4, 0.5) is 10.5 Å². The maximum Gasteiger partial charge on any atom is 0.335 e. The second-order valence-corrected chi connectivity index (χ2v) is 4.75. The summed E-state index contributed by atoms with van der Waals surface area (Å²) in [6.45, 7) is 1.96. The van der Waals surface area contributed by atoms with Gasteiger partial charge in [0.2, 0.25) is 0 Å². The minimum absolute atomic E-state index is 0.0257. The molecule has 20 heavy (non-hydrogen) atoms. The van der Waals surface area contributed by atoms with Crippen molar-refractivity contribution in [1.29, 1.82) is 5.26 Å². The minimum atomic E-state index is -1.11. The first-order valence-electron chi connectivity index (χ1n) is 5.79. The van der Waals surface area contributed by atoms with Crippen LogP contribution in [-0.2, 0) is 0 Å². The first-order chi connectivity index (χ1) is 9.35. The van der Waals surface area contributed by atoms with Gasteiger partial charge in [0.1, 0.15) is 0 Å². The summed E-state index contributed by atoms with van der Waals surface area (Å²) in [6.07, 6.45) is 0. The van der Waals surface area contributed by atoms with Crippen LogP contribution in [0.5, 0.6) is 0 Å². The molecule has 0 heterocycles. The molecule has 1 atom stereocenters. The molecule has 2 N–H and O–H groups in total. The lowest BCUT2D eigenvalue weighted by Crippen LogP contribution is -2.34. The van der Waals surface area contributed by atoms with E-state index < -0.39 is 12.0 Å². The van der Waals surface area contributed by atoms with Crippen LogP contribution in [0.25, 0.3) is 0 Å². The fourth-order valence-corrected chi connectivity index (χ4v) is 1.66. The van der Waals surface area contributed by atoms with Gasteiger partial charge >= 0.3 is 12.0 Å². The van der Waals surface area contributed by atoms with E-state index >= 15 is 0 Å². The van der Waals surface area contributed by atoms with E-state index in [1.54, 1.807) is 6.92 Å². The van der Waals surface area contributed by atoms with Crippen molar-refractivity contribution in [2.45, 2.75) is 6.92 Å². The Kier molecular flexibility index (Phi) is 5.35. The predicted molar refractivity (Wildman–Crippen MR) is 74.8 cm³/mol. The number of urea groups is 1. The van der Waals surface area contributed by atoms with Gasteiger partial charge in [0.05, 0.1) is 28.3 Å². The van der Waals surface area contributed by atoms with Gasteiger partial charge in [-0.05, 0) is 25.1 Å². The summed E-state index contributed by atoms with van der Waals surface area (Å²) in [5, 5.41) is 20.4. The lowest BCUT2D eigenvalue weighted by molar-refractivity contribution is 0.0697. The van der Waals surface area contributed by atoms with Gasteiger partial charge in [-0.2, -0.15) is 5.26 Å². The molecule has 106 valence electrons. The summed E-state index contributed by atoms with van der Waals surface area (Å²) in [4.78, 5) is 24.1. The molecule has 0 saturated carbocycles. The molecule has 1 aromatic carbocycles. The molecule has 0 aliphatic heterocycles. The third-order valence-corrected chi connectivity index (χ3v) is 2.90. The molecule has 1 unspecified atom stereocenters. The molecule has 1 aromatic rings. The molecular formula is C13H14ClN3O3. The number of aromatic carboxylic acids is 1. The number of amides is 2. The van der Waals surface area contributed by atoms with Crippen LogP contribution >= 0.6 is 11.6 Å². The van der Waals surface area contributed by atoms with Gasteiger partial charge in [-0.1, -0.05) is 11.6 Å². The van der Waals surface area contributed by atoms with E-state index in [-0.39, 0.29) is 28.7 Å². The third-order valence-electron chi connectivity index (χ3n) is 2.57. The third kappa shape index (κ3) is 4.14. The summed E-state index contributed by atoms with van der Waals surface area (Å²) in [5.74, 6) is -1.41. The van der Waals surface area contributed by atoms with Crippen LogP contribution in [0, 0.1) is 17.2 Å². The van der Waals surface area contributed by atoms with E-state index in [9.17, 15) is 9.59 Å². The SMILES string of the molecule is CC(C#N)CN(C)C(=O)Nc1cc(C(=O)O)ccc1Cl. The number of hydrogen-bond donors (Lipinski definition) is 2. The second-order valence-electron chi connectivity index (χ2n) is 4.34. The fraction of sp³-hybridized carbons (Fsp3) is 0.308. The molecule has 0 fully saturated rings. The van der Waals surface area contributed by atoms with Crippen LogP contribution in [0.15, 0.2) is 18.2 Å². The highest BCUT2D eigenvalue weighted by atomic mass is 35.5. The minimum Gasteiger partial charge on any atom is -0.478 e. The zero-order chi connectivity index (χ0) is 15.3. The van der Waals surface area contributed by atoms with Gasteiger partial charge in [-0.25, -0.2) is 9.59 Å². The van der Waals surface area contributed by atoms with Crippen LogP contribution in [0.2, 0.25) is 5.02 Å². The largest absolute Gasteiger partial charge is 0.478 e. The predicted octanol–water partition coefficient (Wildman–Crippen LogP) is 2.66. The van der Waals surface area contributed by atoms with Crippen LogP contribution in [0.1, 0.15) is 17.3 Å². The Morgan fingerprint density at radius 3 is 2.75 bits per heavy atom. The number of rotatable bonds is 4. The maximum absolute atomic E-state index is 11.9. The number of halogens is 1. The van der Waals surface area contributed by atoms with Gasteiger partial charge in [0.25, 0.3) is 0 Å². The number of nitriles is 1. The molecule has 2 amide bonds. The Labute approximate surface area is 121 Å². The maximum atomic E-state index is 11.9. The van der Waals surface area contributed by atoms with Crippen molar-refractivity contribution < 1.29 is 14.7 Å². The van der Waals surface area contributed by atoms with Crippen molar-refractivity contribution in [3.63, 3.8) is 0 Å². The molecule has 1 rings (SSSR count). The lowest BCUT2D eigenvalue weighted by atomic mass is 10.2. The zero-order valence-electron chi connectivity index (χ0n) is 11.1. The van der Waals surface area contributed by atoms with Crippen LogP contribution in [-0.4, -0.2) is 35.6 Å². The first-order valence-corrected chi connectivity index (χ1v) is 6.17. The molecule has 0 bridgehead atoms. The summed E-state index contributed by atoms with van der Waals surface area (Å²) in [6, 6.07) is 5.60. The van der Waals surface area contributed by atoms with Gasteiger partial charge in [-0.3, -0.25) is 0 Å². The lowest BCUT2D eigenvalue weighted by Gasteiger charge is -2.19. The molecule has 0 radical (unpaired) electrons. The average Bonchev–Trinajstić information content (AvgIpc) is 2.40. The smallest absolute Gasteiger partial charge is 0.335 e. The van der Waals surface area contributed by atoms with Crippen molar-refractivity contribution in [3.8, 4) is 6.07 Å². The highest BCUT2D eigenvalue weighted by Gasteiger charge is 2.14. The fourth-order valence-electron chi connectivity index (χ4n) is 1.50. The van der Waals surface area contributed by atoms with E-state index in [4.69, 9.17) is 22.0 Å². The first kappa shape index (κ1) is 15.8. The normalized spacial score (nSPS) is 11.3. The number of carbonyl (C=O) groups is 2. The van der Waals surface area contributed by atoms with Crippen molar-refractivity contribution >= 4 is 29.3 Å². The number of nitrogens with zero attached hydrogens (tertiary/aromatic N) is 2. The number of carboxylic acid groups (broad SMARTS) is 1. The van der Waals surface area contributed by atoms with E-state index in [1.807, 2.05) is 6.07 Å². The molecule has 7 heteroatoms. The van der Waals surface area contributed by atoms with Crippen molar-refractivity contribution in [2.24, 2.45) is 5.92 Å². The molecule has 0 aliphatic carbocycles. The Bertz CT molecular complexity index is 568. The highest BCUT2D eigenvalue weighted by molar-refractivity contribution is 6.33. The molecule has 6 nitrogen and oxygen atoms in total.